The number of hydrogen-bond acceptors (Lipinski definition) is 6. The normalized spacial score (nSPS) is 34.0. The van der Waals surface area contributed by atoms with Crippen molar-refractivity contribution >= 4 is 5.91 Å². The van der Waals surface area contributed by atoms with Crippen LogP contribution in [0.5, 0.6) is 0 Å². The molecule has 5 N–H and O–H groups in total. The van der Waals surface area contributed by atoms with Crippen molar-refractivity contribution in [3.05, 3.63) is 0 Å². The summed E-state index contributed by atoms with van der Waals surface area (Å²) in [6, 6.07) is -0.604. The van der Waals surface area contributed by atoms with Crippen LogP contribution in [-0.4, -0.2) is 66.8 Å². The third kappa shape index (κ3) is 4.39. The number of aliphatic hydroxyl groups excluding tert-OH is 2. The molecule has 0 aliphatic carbocycles. The van der Waals surface area contributed by atoms with E-state index < -0.39 is 18.2 Å². The van der Waals surface area contributed by atoms with Crippen molar-refractivity contribution in [2.45, 2.75) is 44.6 Å². The predicted octanol–water partition coefficient (Wildman–Crippen LogP) is -1.39. The lowest BCUT2D eigenvalue weighted by Crippen LogP contribution is -2.62. The van der Waals surface area contributed by atoms with Gasteiger partial charge < -0.3 is 30.7 Å². The van der Waals surface area contributed by atoms with Crippen LogP contribution in [0.15, 0.2) is 0 Å². The summed E-state index contributed by atoms with van der Waals surface area (Å²) in [5.41, 5.74) is 5.37. The van der Waals surface area contributed by atoms with Gasteiger partial charge in [0, 0.05) is 19.4 Å². The number of amides is 1. The van der Waals surface area contributed by atoms with Crippen LogP contribution in [0.4, 0.5) is 0 Å². The first-order valence-corrected chi connectivity index (χ1v) is 7.04. The van der Waals surface area contributed by atoms with Crippen molar-refractivity contribution in [2.75, 3.05) is 26.4 Å². The first-order valence-electron chi connectivity index (χ1n) is 7.04. The molecule has 1 rings (SSSR count). The van der Waals surface area contributed by atoms with Gasteiger partial charge in [-0.25, -0.2) is 0 Å². The van der Waals surface area contributed by atoms with Crippen molar-refractivity contribution in [3.63, 3.8) is 0 Å². The Morgan fingerprint density at radius 3 is 2.65 bits per heavy atom. The zero-order valence-corrected chi connectivity index (χ0v) is 12.1. The minimum absolute atomic E-state index is 0.160. The van der Waals surface area contributed by atoms with Crippen LogP contribution < -0.4 is 11.1 Å². The Bertz CT molecular complexity index is 302. The topological polar surface area (TPSA) is 114 Å². The van der Waals surface area contributed by atoms with Crippen LogP contribution in [0.2, 0.25) is 0 Å². The molecule has 1 amide bonds. The minimum atomic E-state index is -0.777. The molecule has 0 bridgehead atoms. The highest BCUT2D eigenvalue weighted by atomic mass is 16.5. The van der Waals surface area contributed by atoms with Gasteiger partial charge >= 0.3 is 0 Å². The molecule has 0 saturated carbocycles. The summed E-state index contributed by atoms with van der Waals surface area (Å²) in [5, 5.41) is 22.5. The Kier molecular flexibility index (Phi) is 7.39. The summed E-state index contributed by atoms with van der Waals surface area (Å²) in [6.07, 6.45) is -1.04. The van der Waals surface area contributed by atoms with Crippen molar-refractivity contribution in [1.29, 1.82) is 0 Å². The van der Waals surface area contributed by atoms with Crippen molar-refractivity contribution in [1.82, 2.24) is 5.32 Å². The highest BCUT2D eigenvalue weighted by molar-refractivity contribution is 5.73. The lowest BCUT2D eigenvalue weighted by molar-refractivity contribution is -0.184. The fraction of sp³-hybridized carbons (Fsp3) is 0.923. The zero-order valence-electron chi connectivity index (χ0n) is 12.1. The molecular formula is C13H26N2O5. The molecule has 7 nitrogen and oxygen atoms in total. The highest BCUT2D eigenvalue weighted by Gasteiger charge is 2.44. The Hall–Kier alpha value is -0.730. The molecule has 1 aliphatic rings. The third-order valence-electron chi connectivity index (χ3n) is 3.60. The molecule has 118 valence electrons. The zero-order chi connectivity index (χ0) is 15.1. The molecule has 7 heteroatoms. The molecule has 5 atom stereocenters. The van der Waals surface area contributed by atoms with Gasteiger partial charge in [0.1, 0.15) is 6.10 Å². The molecule has 1 aliphatic heterocycles. The summed E-state index contributed by atoms with van der Waals surface area (Å²) in [4.78, 5) is 11.2. The van der Waals surface area contributed by atoms with Crippen molar-refractivity contribution < 1.29 is 24.5 Å². The average Bonchev–Trinajstić information content (AvgIpc) is 2.41. The maximum Gasteiger partial charge on any atom is 0.217 e. The van der Waals surface area contributed by atoms with E-state index in [-0.39, 0.29) is 24.5 Å². The SMILES string of the molecule is CC[C@H]1[C@H](O)[C@@H](NC(C)=O)[C@H](CO)O[C@@H]1COCCN. The van der Waals surface area contributed by atoms with Crippen LogP contribution in [-0.2, 0) is 14.3 Å². The molecule has 1 saturated heterocycles. The second kappa shape index (κ2) is 8.53. The second-order valence-corrected chi connectivity index (χ2v) is 5.05. The Balaban J connectivity index is 2.74. The maximum absolute atomic E-state index is 11.2. The lowest BCUT2D eigenvalue weighted by atomic mass is 9.83. The number of nitrogens with two attached hydrogens (primary N) is 1. The Labute approximate surface area is 119 Å². The molecule has 0 aromatic rings. The van der Waals surface area contributed by atoms with E-state index in [4.69, 9.17) is 15.2 Å². The van der Waals surface area contributed by atoms with Gasteiger partial charge in [-0.15, -0.1) is 0 Å². The summed E-state index contributed by atoms with van der Waals surface area (Å²) >= 11 is 0. The van der Waals surface area contributed by atoms with Crippen LogP contribution in [0, 0.1) is 5.92 Å². The van der Waals surface area contributed by atoms with Crippen LogP contribution in [0.25, 0.3) is 0 Å². The quantitative estimate of drug-likeness (QED) is 0.429. The van der Waals surface area contributed by atoms with E-state index in [1.165, 1.54) is 6.92 Å². The highest BCUT2D eigenvalue weighted by Crippen LogP contribution is 2.28. The first kappa shape index (κ1) is 17.3. The molecular weight excluding hydrogens is 264 g/mol. The Morgan fingerprint density at radius 2 is 2.15 bits per heavy atom. The summed E-state index contributed by atoms with van der Waals surface area (Å²) in [5.74, 6) is -0.420. The minimum Gasteiger partial charge on any atom is -0.394 e. The largest absolute Gasteiger partial charge is 0.394 e. The molecule has 1 heterocycles. The standard InChI is InChI=1S/C13H26N2O5/c1-3-9-11(7-19-5-4-14)20-10(6-16)12(13(9)18)15-8(2)17/h9-13,16,18H,3-7,14H2,1-2H3,(H,15,17)/t9-,10+,11-,12+,13+/m1/s1. The van der Waals surface area contributed by atoms with Crippen LogP contribution >= 0.6 is 0 Å². The summed E-state index contributed by atoms with van der Waals surface area (Å²) in [6.45, 7) is 4.20. The number of aliphatic hydroxyl groups is 2. The van der Waals surface area contributed by atoms with Gasteiger partial charge in [-0.3, -0.25) is 4.79 Å². The molecule has 0 spiro atoms. The number of carbonyl (C=O) groups excluding carboxylic acids is 1. The lowest BCUT2D eigenvalue weighted by Gasteiger charge is -2.44. The molecule has 20 heavy (non-hydrogen) atoms. The first-order chi connectivity index (χ1) is 9.54. The summed E-state index contributed by atoms with van der Waals surface area (Å²) in [7, 11) is 0. The van der Waals surface area contributed by atoms with Crippen LogP contribution in [0.3, 0.4) is 0 Å². The van der Waals surface area contributed by atoms with Gasteiger partial charge in [0.25, 0.3) is 0 Å². The molecule has 0 aromatic heterocycles. The maximum atomic E-state index is 11.2. The number of nitrogens with one attached hydrogen (secondary N) is 1. The van der Waals surface area contributed by atoms with Gasteiger partial charge in [-0.05, 0) is 6.42 Å². The monoisotopic (exact) mass is 290 g/mol. The van der Waals surface area contributed by atoms with Gasteiger partial charge in [-0.1, -0.05) is 6.92 Å². The van der Waals surface area contributed by atoms with E-state index in [2.05, 4.69) is 5.32 Å². The van der Waals surface area contributed by atoms with E-state index in [0.29, 0.717) is 26.2 Å². The Morgan fingerprint density at radius 1 is 1.45 bits per heavy atom. The van der Waals surface area contributed by atoms with E-state index in [0.717, 1.165) is 0 Å². The average molecular weight is 290 g/mol. The fourth-order valence-electron chi connectivity index (χ4n) is 2.64. The van der Waals surface area contributed by atoms with E-state index in [1.54, 1.807) is 0 Å². The molecule has 0 unspecified atom stereocenters. The second-order valence-electron chi connectivity index (χ2n) is 5.05. The van der Waals surface area contributed by atoms with E-state index in [9.17, 15) is 15.0 Å². The number of carbonyl (C=O) groups is 1. The van der Waals surface area contributed by atoms with Gasteiger partial charge in [0.05, 0.1) is 38.1 Å². The van der Waals surface area contributed by atoms with Gasteiger partial charge in [0.15, 0.2) is 0 Å². The van der Waals surface area contributed by atoms with Gasteiger partial charge in [-0.2, -0.15) is 0 Å². The predicted molar refractivity (Wildman–Crippen MR) is 73.0 cm³/mol. The molecule has 0 aromatic carbocycles. The number of rotatable bonds is 7. The number of ether oxygens (including phenoxy) is 2. The smallest absolute Gasteiger partial charge is 0.217 e. The van der Waals surface area contributed by atoms with Crippen molar-refractivity contribution in [2.24, 2.45) is 11.7 Å². The fourth-order valence-corrected chi connectivity index (χ4v) is 2.64. The molecule has 0 radical (unpaired) electrons. The molecule has 1 fully saturated rings. The van der Waals surface area contributed by atoms with Crippen molar-refractivity contribution in [3.8, 4) is 0 Å². The summed E-state index contributed by atoms with van der Waals surface area (Å²) < 4.78 is 11.2. The van der Waals surface area contributed by atoms with E-state index >= 15 is 0 Å². The van der Waals surface area contributed by atoms with E-state index in [1.807, 2.05) is 6.92 Å². The van der Waals surface area contributed by atoms with Gasteiger partial charge in [0.2, 0.25) is 5.91 Å². The van der Waals surface area contributed by atoms with Crippen LogP contribution in [0.1, 0.15) is 20.3 Å². The third-order valence-corrected chi connectivity index (χ3v) is 3.60. The number of hydrogen-bond donors (Lipinski definition) is 4.